The number of nitrogen functional groups attached to an aromatic ring is 1. The van der Waals surface area contributed by atoms with Gasteiger partial charge in [0.1, 0.15) is 5.82 Å². The molecule has 1 atom stereocenters. The van der Waals surface area contributed by atoms with E-state index in [1.54, 1.807) is 6.07 Å². The van der Waals surface area contributed by atoms with Crippen LogP contribution >= 0.6 is 11.8 Å². The quantitative estimate of drug-likeness (QED) is 0.835. The number of carbonyl (C=O) groups is 1. The van der Waals surface area contributed by atoms with Gasteiger partial charge in [0, 0.05) is 16.3 Å². The van der Waals surface area contributed by atoms with Gasteiger partial charge in [0.15, 0.2) is 0 Å². The van der Waals surface area contributed by atoms with Gasteiger partial charge in [-0.3, -0.25) is 4.79 Å². The van der Waals surface area contributed by atoms with Crippen molar-refractivity contribution in [3.05, 3.63) is 53.8 Å². The minimum atomic E-state index is -0.456. The van der Waals surface area contributed by atoms with Gasteiger partial charge in [-0.2, -0.15) is 0 Å². The Hall–Kier alpha value is -2.01. The minimum Gasteiger partial charge on any atom is -0.399 e. The lowest BCUT2D eigenvalue weighted by molar-refractivity contribution is -0.115. The van der Waals surface area contributed by atoms with Crippen LogP contribution in [0.1, 0.15) is 5.56 Å². The fourth-order valence-corrected chi connectivity index (χ4v) is 3.43. The first-order valence-electron chi connectivity index (χ1n) is 6.23. The Kier molecular flexibility index (Phi) is 3.36. The van der Waals surface area contributed by atoms with Gasteiger partial charge in [0.2, 0.25) is 5.91 Å². The predicted molar refractivity (Wildman–Crippen MR) is 79.2 cm³/mol. The van der Waals surface area contributed by atoms with E-state index in [2.05, 4.69) is 5.32 Å². The summed E-state index contributed by atoms with van der Waals surface area (Å²) in [6.07, 6.45) is 0.692. The number of thioether (sulfide) groups is 1. The highest BCUT2D eigenvalue weighted by molar-refractivity contribution is 8.01. The first-order chi connectivity index (χ1) is 9.61. The molecule has 5 heteroatoms. The fourth-order valence-electron chi connectivity index (χ4n) is 2.24. The number of fused-ring (bicyclic) bond motifs is 1. The first-order valence-corrected chi connectivity index (χ1v) is 7.11. The predicted octanol–water partition coefficient (Wildman–Crippen LogP) is 3.06. The summed E-state index contributed by atoms with van der Waals surface area (Å²) in [6, 6.07) is 12.0. The Morgan fingerprint density at radius 3 is 2.85 bits per heavy atom. The van der Waals surface area contributed by atoms with Crippen molar-refractivity contribution in [1.29, 1.82) is 0 Å². The normalized spacial score (nSPS) is 16.8. The molecular formula is C15H13FN2OS. The summed E-state index contributed by atoms with van der Waals surface area (Å²) in [5.41, 5.74) is 7.43. The molecule has 1 heterocycles. The smallest absolute Gasteiger partial charge is 0.238 e. The van der Waals surface area contributed by atoms with Crippen LogP contribution in [0.2, 0.25) is 0 Å². The van der Waals surface area contributed by atoms with E-state index in [0.717, 1.165) is 4.90 Å². The van der Waals surface area contributed by atoms with Crippen molar-refractivity contribution in [3.63, 3.8) is 0 Å². The van der Waals surface area contributed by atoms with Crippen LogP contribution in [-0.2, 0) is 11.2 Å². The zero-order valence-corrected chi connectivity index (χ0v) is 11.4. The molecule has 1 aliphatic rings. The van der Waals surface area contributed by atoms with Crippen LogP contribution in [0.25, 0.3) is 0 Å². The summed E-state index contributed by atoms with van der Waals surface area (Å²) < 4.78 is 13.2. The van der Waals surface area contributed by atoms with E-state index in [0.29, 0.717) is 17.8 Å². The van der Waals surface area contributed by atoms with E-state index in [-0.39, 0.29) is 11.2 Å². The number of rotatable bonds is 2. The molecule has 20 heavy (non-hydrogen) atoms. The lowest BCUT2D eigenvalue weighted by atomic mass is 10.1. The maximum atomic E-state index is 13.2. The van der Waals surface area contributed by atoms with Gasteiger partial charge in [-0.1, -0.05) is 18.2 Å². The van der Waals surface area contributed by atoms with Gasteiger partial charge >= 0.3 is 0 Å². The first kappa shape index (κ1) is 13.0. The molecule has 0 aliphatic carbocycles. The summed E-state index contributed by atoms with van der Waals surface area (Å²) >= 11 is 1.53. The molecule has 1 amide bonds. The third-order valence-corrected chi connectivity index (χ3v) is 4.44. The number of carbonyl (C=O) groups excluding carboxylic acids is 1. The second-order valence-electron chi connectivity index (χ2n) is 4.68. The summed E-state index contributed by atoms with van der Waals surface area (Å²) in [7, 11) is 0. The van der Waals surface area contributed by atoms with E-state index < -0.39 is 5.82 Å². The molecule has 0 radical (unpaired) electrons. The van der Waals surface area contributed by atoms with E-state index in [9.17, 15) is 9.18 Å². The minimum absolute atomic E-state index is 0.129. The standard InChI is InChI=1S/C15H13FN2OS/c16-10-6-11(17)8-12(7-10)18-15(19)14-5-9-3-1-2-4-13(9)20-14/h1-4,6-8,14H,5,17H2,(H,18,19). The van der Waals surface area contributed by atoms with Crippen LogP contribution in [0.4, 0.5) is 15.8 Å². The van der Waals surface area contributed by atoms with Crippen molar-refractivity contribution in [3.8, 4) is 0 Å². The topological polar surface area (TPSA) is 55.1 Å². The number of amides is 1. The molecule has 0 fully saturated rings. The molecule has 1 unspecified atom stereocenters. The van der Waals surface area contributed by atoms with Crippen LogP contribution in [-0.4, -0.2) is 11.2 Å². The summed E-state index contributed by atoms with van der Waals surface area (Å²) in [4.78, 5) is 13.3. The van der Waals surface area contributed by atoms with Crippen LogP contribution in [0, 0.1) is 5.82 Å². The molecule has 3 rings (SSSR count). The Morgan fingerprint density at radius 2 is 2.10 bits per heavy atom. The van der Waals surface area contributed by atoms with Crippen LogP contribution in [0.5, 0.6) is 0 Å². The number of benzene rings is 2. The summed E-state index contributed by atoms with van der Waals surface area (Å²) in [6.45, 7) is 0. The van der Waals surface area contributed by atoms with Crippen molar-refractivity contribution in [2.75, 3.05) is 11.1 Å². The molecule has 102 valence electrons. The van der Waals surface area contributed by atoms with Gasteiger partial charge < -0.3 is 11.1 Å². The SMILES string of the molecule is Nc1cc(F)cc(NC(=O)C2Cc3ccccc3S2)c1. The largest absolute Gasteiger partial charge is 0.399 e. The Balaban J connectivity index is 1.72. The van der Waals surface area contributed by atoms with Crippen LogP contribution in [0.15, 0.2) is 47.4 Å². The lowest BCUT2D eigenvalue weighted by Gasteiger charge is -2.10. The molecule has 0 saturated carbocycles. The molecule has 2 aromatic rings. The van der Waals surface area contributed by atoms with Gasteiger partial charge in [0.25, 0.3) is 0 Å². The maximum absolute atomic E-state index is 13.2. The lowest BCUT2D eigenvalue weighted by Crippen LogP contribution is -2.24. The molecule has 0 spiro atoms. The molecular weight excluding hydrogens is 275 g/mol. The Labute approximate surface area is 120 Å². The highest BCUT2D eigenvalue weighted by Crippen LogP contribution is 2.37. The fraction of sp³-hybridized carbons (Fsp3) is 0.133. The molecule has 2 aromatic carbocycles. The molecule has 0 bridgehead atoms. The summed E-state index contributed by atoms with van der Waals surface area (Å²) in [5, 5.41) is 2.54. The van der Waals surface area contributed by atoms with Crippen molar-refractivity contribution in [2.45, 2.75) is 16.6 Å². The van der Waals surface area contributed by atoms with Gasteiger partial charge in [-0.15, -0.1) is 11.8 Å². The number of hydrogen-bond acceptors (Lipinski definition) is 3. The number of hydrogen-bond donors (Lipinski definition) is 2. The molecule has 0 saturated heterocycles. The molecule has 3 nitrogen and oxygen atoms in total. The van der Waals surface area contributed by atoms with Crippen molar-refractivity contribution < 1.29 is 9.18 Å². The average Bonchev–Trinajstić information content (AvgIpc) is 2.81. The third kappa shape index (κ3) is 2.63. The zero-order chi connectivity index (χ0) is 14.1. The maximum Gasteiger partial charge on any atom is 0.238 e. The van der Waals surface area contributed by atoms with Crippen molar-refractivity contribution in [1.82, 2.24) is 0 Å². The highest BCUT2D eigenvalue weighted by atomic mass is 32.2. The van der Waals surface area contributed by atoms with Crippen molar-refractivity contribution >= 4 is 29.0 Å². The molecule has 0 aromatic heterocycles. The average molecular weight is 288 g/mol. The third-order valence-electron chi connectivity index (χ3n) is 3.13. The monoisotopic (exact) mass is 288 g/mol. The van der Waals surface area contributed by atoms with E-state index in [1.807, 2.05) is 24.3 Å². The van der Waals surface area contributed by atoms with Crippen molar-refractivity contribution in [2.24, 2.45) is 0 Å². The highest BCUT2D eigenvalue weighted by Gasteiger charge is 2.28. The zero-order valence-electron chi connectivity index (χ0n) is 10.6. The Morgan fingerprint density at radius 1 is 1.30 bits per heavy atom. The number of anilines is 2. The van der Waals surface area contributed by atoms with Crippen LogP contribution < -0.4 is 11.1 Å². The van der Waals surface area contributed by atoms with E-state index >= 15 is 0 Å². The van der Waals surface area contributed by atoms with Gasteiger partial charge in [-0.25, -0.2) is 4.39 Å². The number of nitrogens with two attached hydrogens (primary N) is 1. The number of nitrogens with one attached hydrogen (secondary N) is 1. The van der Waals surface area contributed by atoms with Crippen LogP contribution in [0.3, 0.4) is 0 Å². The second kappa shape index (κ2) is 5.17. The molecule has 3 N–H and O–H groups in total. The summed E-state index contributed by atoms with van der Waals surface area (Å²) in [5.74, 6) is -0.584. The molecule has 1 aliphatic heterocycles. The van der Waals surface area contributed by atoms with E-state index in [4.69, 9.17) is 5.73 Å². The van der Waals surface area contributed by atoms with Gasteiger partial charge in [0.05, 0.1) is 5.25 Å². The Bertz CT molecular complexity index is 629. The number of halogens is 1. The van der Waals surface area contributed by atoms with Gasteiger partial charge in [-0.05, 0) is 36.2 Å². The van der Waals surface area contributed by atoms with E-state index in [1.165, 1.54) is 29.5 Å². The second-order valence-corrected chi connectivity index (χ2v) is 5.93.